The zero-order valence-corrected chi connectivity index (χ0v) is 15.2. The van der Waals surface area contributed by atoms with Crippen LogP contribution in [0.3, 0.4) is 0 Å². The van der Waals surface area contributed by atoms with E-state index in [0.717, 1.165) is 44.2 Å². The Bertz CT molecular complexity index is 702. The topological polar surface area (TPSA) is 51.4 Å². The Balaban J connectivity index is 1.28. The van der Waals surface area contributed by atoms with Crippen LogP contribution in [-0.4, -0.2) is 34.7 Å². The number of hydrogen-bond acceptors (Lipinski definition) is 5. The summed E-state index contributed by atoms with van der Waals surface area (Å²) >= 11 is 0. The summed E-state index contributed by atoms with van der Waals surface area (Å²) in [6.45, 7) is 8.11. The minimum atomic E-state index is 0.435. The molecule has 1 aliphatic heterocycles. The van der Waals surface area contributed by atoms with Crippen molar-refractivity contribution in [3.63, 3.8) is 0 Å². The fraction of sp³-hybridized carbons (Fsp3) is 0.600. The Morgan fingerprint density at radius 3 is 2.64 bits per heavy atom. The third-order valence-corrected chi connectivity index (χ3v) is 5.70. The van der Waals surface area contributed by atoms with Crippen LogP contribution in [0.5, 0.6) is 5.75 Å². The van der Waals surface area contributed by atoms with Gasteiger partial charge in [-0.15, -0.1) is 0 Å². The van der Waals surface area contributed by atoms with Crippen molar-refractivity contribution >= 4 is 0 Å². The maximum atomic E-state index is 5.66. The highest BCUT2D eigenvalue weighted by Crippen LogP contribution is 2.64. The molecular formula is C20H27N3O2. The Kier molecular flexibility index (Phi) is 4.50. The molecule has 134 valence electrons. The molecule has 2 aliphatic rings. The second kappa shape index (κ2) is 6.79. The van der Waals surface area contributed by atoms with Crippen LogP contribution in [0, 0.1) is 12.3 Å². The van der Waals surface area contributed by atoms with Gasteiger partial charge in [0.1, 0.15) is 5.75 Å². The highest BCUT2D eigenvalue weighted by molar-refractivity contribution is 5.27. The minimum Gasteiger partial charge on any atom is -0.494 e. The summed E-state index contributed by atoms with van der Waals surface area (Å²) in [5.41, 5.74) is 1.80. The van der Waals surface area contributed by atoms with Crippen molar-refractivity contribution < 1.29 is 9.26 Å². The first-order chi connectivity index (χ1) is 12.2. The van der Waals surface area contributed by atoms with Crippen LogP contribution in [0.4, 0.5) is 0 Å². The van der Waals surface area contributed by atoms with Gasteiger partial charge in [-0.3, -0.25) is 4.90 Å². The van der Waals surface area contributed by atoms with Crippen LogP contribution in [0.2, 0.25) is 0 Å². The van der Waals surface area contributed by atoms with Gasteiger partial charge in [-0.05, 0) is 61.9 Å². The molecule has 2 aromatic rings. The normalized spacial score (nSPS) is 22.2. The third kappa shape index (κ3) is 3.56. The summed E-state index contributed by atoms with van der Waals surface area (Å²) in [6.07, 6.45) is 4.75. The number of rotatable bonds is 6. The van der Waals surface area contributed by atoms with Crippen molar-refractivity contribution in [3.05, 3.63) is 41.5 Å². The molecule has 4 rings (SSSR count). The number of aromatic nitrogens is 2. The van der Waals surface area contributed by atoms with E-state index in [1.807, 2.05) is 6.92 Å². The van der Waals surface area contributed by atoms with Crippen LogP contribution in [0.1, 0.15) is 55.8 Å². The molecule has 5 nitrogen and oxygen atoms in total. The van der Waals surface area contributed by atoms with Gasteiger partial charge in [0.2, 0.25) is 5.89 Å². The summed E-state index contributed by atoms with van der Waals surface area (Å²) in [7, 11) is 0. The van der Waals surface area contributed by atoms with E-state index in [2.05, 4.69) is 46.2 Å². The lowest BCUT2D eigenvalue weighted by Crippen LogP contribution is -2.34. The van der Waals surface area contributed by atoms with Crippen molar-refractivity contribution in [3.8, 4) is 5.75 Å². The zero-order valence-electron chi connectivity index (χ0n) is 15.2. The van der Waals surface area contributed by atoms with E-state index >= 15 is 0 Å². The van der Waals surface area contributed by atoms with Gasteiger partial charge in [0.15, 0.2) is 5.82 Å². The fourth-order valence-corrected chi connectivity index (χ4v) is 4.05. The molecule has 1 aromatic heterocycles. The van der Waals surface area contributed by atoms with E-state index < -0.39 is 0 Å². The summed E-state index contributed by atoms with van der Waals surface area (Å²) in [4.78, 5) is 6.99. The molecule has 1 saturated heterocycles. The van der Waals surface area contributed by atoms with Gasteiger partial charge in [0.05, 0.1) is 6.61 Å². The summed E-state index contributed by atoms with van der Waals surface area (Å²) in [5.74, 6) is 3.09. The van der Waals surface area contributed by atoms with Crippen molar-refractivity contribution in [1.29, 1.82) is 0 Å². The third-order valence-electron chi connectivity index (χ3n) is 5.70. The molecule has 1 spiro atoms. The van der Waals surface area contributed by atoms with Gasteiger partial charge in [-0.25, -0.2) is 0 Å². The van der Waals surface area contributed by atoms with Gasteiger partial charge in [0, 0.05) is 19.4 Å². The standard InChI is InChI=1S/C20H27N3O2/c1-3-12-24-17-6-4-16(5-7-17)14-23-10-8-20(9-11-23)13-18(20)19-21-15(2)25-22-19/h4-7,18H,3,8-14H2,1-2H3. The molecule has 0 N–H and O–H groups in total. The molecule has 25 heavy (non-hydrogen) atoms. The molecule has 2 fully saturated rings. The van der Waals surface area contributed by atoms with Crippen LogP contribution in [0.25, 0.3) is 0 Å². The van der Waals surface area contributed by atoms with Gasteiger partial charge in [-0.2, -0.15) is 4.98 Å². The number of benzene rings is 1. The maximum absolute atomic E-state index is 5.66. The van der Waals surface area contributed by atoms with Crippen LogP contribution in [0.15, 0.2) is 28.8 Å². The summed E-state index contributed by atoms with van der Waals surface area (Å²) in [6, 6.07) is 8.56. The van der Waals surface area contributed by atoms with Gasteiger partial charge in [-0.1, -0.05) is 24.2 Å². The molecule has 1 saturated carbocycles. The van der Waals surface area contributed by atoms with Crippen LogP contribution >= 0.6 is 0 Å². The molecule has 1 aromatic carbocycles. The number of ether oxygens (including phenoxy) is 1. The molecule has 1 atom stereocenters. The molecular weight excluding hydrogens is 314 g/mol. The lowest BCUT2D eigenvalue weighted by Gasteiger charge is -2.32. The predicted molar refractivity (Wildman–Crippen MR) is 95.6 cm³/mol. The Morgan fingerprint density at radius 1 is 1.24 bits per heavy atom. The smallest absolute Gasteiger partial charge is 0.223 e. The van der Waals surface area contributed by atoms with E-state index in [1.54, 1.807) is 0 Å². The quantitative estimate of drug-likeness (QED) is 0.796. The highest BCUT2D eigenvalue weighted by Gasteiger charge is 2.57. The number of piperidine rings is 1. The average Bonchev–Trinajstić information content (AvgIpc) is 3.16. The first-order valence-electron chi connectivity index (χ1n) is 9.43. The first kappa shape index (κ1) is 16.6. The average molecular weight is 341 g/mol. The molecule has 0 radical (unpaired) electrons. The predicted octanol–water partition coefficient (Wildman–Crippen LogP) is 3.94. The lowest BCUT2D eigenvalue weighted by molar-refractivity contribution is 0.161. The minimum absolute atomic E-state index is 0.435. The summed E-state index contributed by atoms with van der Waals surface area (Å²) < 4.78 is 10.8. The van der Waals surface area contributed by atoms with Crippen LogP contribution in [-0.2, 0) is 6.54 Å². The molecule has 1 unspecified atom stereocenters. The second-order valence-electron chi connectivity index (χ2n) is 7.56. The maximum Gasteiger partial charge on any atom is 0.223 e. The van der Waals surface area contributed by atoms with Crippen LogP contribution < -0.4 is 4.74 Å². The first-order valence-corrected chi connectivity index (χ1v) is 9.43. The summed E-state index contributed by atoms with van der Waals surface area (Å²) in [5, 5.41) is 4.13. The number of nitrogens with zero attached hydrogens (tertiary/aromatic N) is 3. The van der Waals surface area contributed by atoms with Crippen molar-refractivity contribution in [2.24, 2.45) is 5.41 Å². The largest absolute Gasteiger partial charge is 0.494 e. The SMILES string of the molecule is CCCOc1ccc(CN2CCC3(CC2)CC3c2noc(C)n2)cc1. The van der Waals surface area contributed by atoms with Gasteiger partial charge < -0.3 is 9.26 Å². The van der Waals surface area contributed by atoms with E-state index in [4.69, 9.17) is 9.26 Å². The molecule has 1 aliphatic carbocycles. The Hall–Kier alpha value is -1.88. The van der Waals surface area contributed by atoms with Crippen molar-refractivity contribution in [1.82, 2.24) is 15.0 Å². The molecule has 2 heterocycles. The lowest BCUT2D eigenvalue weighted by atomic mass is 9.90. The van der Waals surface area contributed by atoms with E-state index in [0.29, 0.717) is 17.2 Å². The number of aryl methyl sites for hydroxylation is 1. The molecule has 0 bridgehead atoms. The fourth-order valence-electron chi connectivity index (χ4n) is 4.05. The van der Waals surface area contributed by atoms with Crippen molar-refractivity contribution in [2.45, 2.75) is 52.0 Å². The zero-order chi connectivity index (χ0) is 17.3. The number of hydrogen-bond donors (Lipinski definition) is 0. The van der Waals surface area contributed by atoms with Gasteiger partial charge in [0.25, 0.3) is 0 Å². The molecule has 5 heteroatoms. The Morgan fingerprint density at radius 2 is 2.00 bits per heavy atom. The van der Waals surface area contributed by atoms with E-state index in [9.17, 15) is 0 Å². The van der Waals surface area contributed by atoms with E-state index in [1.165, 1.54) is 24.8 Å². The monoisotopic (exact) mass is 341 g/mol. The van der Waals surface area contributed by atoms with E-state index in [-0.39, 0.29) is 0 Å². The molecule has 0 amide bonds. The van der Waals surface area contributed by atoms with Gasteiger partial charge >= 0.3 is 0 Å². The Labute approximate surface area is 149 Å². The van der Waals surface area contributed by atoms with Crippen molar-refractivity contribution in [2.75, 3.05) is 19.7 Å². The number of likely N-dealkylation sites (tertiary alicyclic amines) is 1. The second-order valence-corrected chi connectivity index (χ2v) is 7.56. The highest BCUT2D eigenvalue weighted by atomic mass is 16.5.